The Morgan fingerprint density at radius 1 is 1.05 bits per heavy atom. The first kappa shape index (κ1) is 15.3. The van der Waals surface area contributed by atoms with Crippen LogP contribution in [0.4, 0.5) is 0 Å². The summed E-state index contributed by atoms with van der Waals surface area (Å²) in [6.07, 6.45) is 0. The fraction of sp³-hybridized carbons (Fsp3) is 0.143. The Morgan fingerprint density at radius 2 is 1.70 bits per heavy atom. The summed E-state index contributed by atoms with van der Waals surface area (Å²) in [5, 5.41) is 0.496. The fourth-order valence-corrected chi connectivity index (χ4v) is 3.80. The minimum Gasteiger partial charge on any atom is -0.207 e. The predicted octanol–water partition coefficient (Wildman–Crippen LogP) is 4.03. The van der Waals surface area contributed by atoms with E-state index in [9.17, 15) is 8.42 Å². The molecule has 0 heterocycles. The maximum absolute atomic E-state index is 12.3. The highest BCUT2D eigenvalue weighted by atomic mass is 35.5. The largest absolute Gasteiger partial charge is 0.242 e. The molecule has 1 unspecified atom stereocenters. The van der Waals surface area contributed by atoms with Crippen molar-refractivity contribution < 1.29 is 8.42 Å². The van der Waals surface area contributed by atoms with Crippen LogP contribution in [0.25, 0.3) is 0 Å². The monoisotopic (exact) mass is 329 g/mol. The van der Waals surface area contributed by atoms with Crippen LogP contribution in [-0.4, -0.2) is 8.42 Å². The van der Waals surface area contributed by atoms with Crippen molar-refractivity contribution in [3.05, 3.63) is 64.1 Å². The average Bonchev–Trinajstić information content (AvgIpc) is 2.38. The van der Waals surface area contributed by atoms with Gasteiger partial charge in [0.2, 0.25) is 10.0 Å². The summed E-state index contributed by atoms with van der Waals surface area (Å²) in [6.45, 7) is 1.77. The van der Waals surface area contributed by atoms with E-state index in [2.05, 4.69) is 4.72 Å². The molecule has 6 heteroatoms. The van der Waals surface area contributed by atoms with Crippen LogP contribution in [0.1, 0.15) is 18.5 Å². The normalized spacial score (nSPS) is 13.2. The van der Waals surface area contributed by atoms with E-state index in [0.29, 0.717) is 5.02 Å². The van der Waals surface area contributed by atoms with Crippen LogP contribution in [0, 0.1) is 0 Å². The first-order valence-electron chi connectivity index (χ1n) is 5.92. The summed E-state index contributed by atoms with van der Waals surface area (Å²) >= 11 is 11.7. The second-order valence-corrected chi connectivity index (χ2v) is 6.85. The van der Waals surface area contributed by atoms with Crippen LogP contribution in [0.3, 0.4) is 0 Å². The van der Waals surface area contributed by atoms with Gasteiger partial charge in [0.05, 0.1) is 5.02 Å². The van der Waals surface area contributed by atoms with Crippen LogP contribution in [0.5, 0.6) is 0 Å². The Morgan fingerprint density at radius 3 is 2.30 bits per heavy atom. The van der Waals surface area contributed by atoms with Crippen molar-refractivity contribution >= 4 is 33.2 Å². The molecule has 2 rings (SSSR count). The average molecular weight is 330 g/mol. The molecule has 0 aliphatic carbocycles. The van der Waals surface area contributed by atoms with E-state index in [-0.39, 0.29) is 16.0 Å². The van der Waals surface area contributed by atoms with Gasteiger partial charge in [0.1, 0.15) is 4.90 Å². The number of sulfonamides is 1. The fourth-order valence-electron chi connectivity index (χ4n) is 1.80. The van der Waals surface area contributed by atoms with Gasteiger partial charge >= 0.3 is 0 Å². The molecule has 0 saturated heterocycles. The van der Waals surface area contributed by atoms with E-state index < -0.39 is 10.0 Å². The third kappa shape index (κ3) is 3.52. The molecule has 0 amide bonds. The summed E-state index contributed by atoms with van der Waals surface area (Å²) in [7, 11) is -3.70. The lowest BCUT2D eigenvalue weighted by molar-refractivity contribution is 0.567. The molecule has 1 N–H and O–H groups in total. The zero-order valence-corrected chi connectivity index (χ0v) is 13.0. The molecular formula is C14H13Cl2NO2S. The van der Waals surface area contributed by atoms with E-state index in [1.165, 1.54) is 18.2 Å². The Labute approximate surface area is 128 Å². The molecule has 2 aromatic carbocycles. The lowest BCUT2D eigenvalue weighted by atomic mass is 10.1. The van der Waals surface area contributed by atoms with Crippen LogP contribution >= 0.6 is 23.2 Å². The van der Waals surface area contributed by atoms with Crippen molar-refractivity contribution in [1.29, 1.82) is 0 Å². The van der Waals surface area contributed by atoms with Crippen molar-refractivity contribution in [2.45, 2.75) is 17.9 Å². The summed E-state index contributed by atoms with van der Waals surface area (Å²) in [5.41, 5.74) is 0.876. The lowest BCUT2D eigenvalue weighted by Gasteiger charge is -2.15. The van der Waals surface area contributed by atoms with Gasteiger partial charge in [0.15, 0.2) is 0 Å². The first-order chi connectivity index (χ1) is 9.40. The zero-order valence-electron chi connectivity index (χ0n) is 10.7. The molecule has 0 aromatic heterocycles. The Bertz CT molecular complexity index is 702. The quantitative estimate of drug-likeness (QED) is 0.920. The summed E-state index contributed by atoms with van der Waals surface area (Å²) in [4.78, 5) is 0.0198. The second kappa shape index (κ2) is 6.14. The summed E-state index contributed by atoms with van der Waals surface area (Å²) in [6, 6.07) is 13.2. The van der Waals surface area contributed by atoms with E-state index in [0.717, 1.165) is 5.56 Å². The SMILES string of the molecule is CC(NS(=O)(=O)c1ccc(Cl)cc1Cl)c1ccccc1. The topological polar surface area (TPSA) is 46.2 Å². The zero-order chi connectivity index (χ0) is 14.8. The van der Waals surface area contributed by atoms with Gasteiger partial charge in [-0.05, 0) is 30.7 Å². The minimum atomic E-state index is -3.70. The van der Waals surface area contributed by atoms with Gasteiger partial charge in [0, 0.05) is 11.1 Å². The van der Waals surface area contributed by atoms with Crippen molar-refractivity contribution in [2.75, 3.05) is 0 Å². The number of benzene rings is 2. The molecule has 1 atom stereocenters. The Kier molecular flexibility index (Phi) is 4.70. The van der Waals surface area contributed by atoms with Crippen molar-refractivity contribution in [3.63, 3.8) is 0 Å². The molecule has 20 heavy (non-hydrogen) atoms. The second-order valence-electron chi connectivity index (χ2n) is 4.33. The number of rotatable bonds is 4. The van der Waals surface area contributed by atoms with E-state index in [1.807, 2.05) is 30.3 Å². The van der Waals surface area contributed by atoms with E-state index >= 15 is 0 Å². The van der Waals surface area contributed by atoms with Crippen molar-refractivity contribution in [3.8, 4) is 0 Å². The van der Waals surface area contributed by atoms with Crippen LogP contribution < -0.4 is 4.72 Å². The standard InChI is InChI=1S/C14H13Cl2NO2S/c1-10(11-5-3-2-4-6-11)17-20(18,19)14-8-7-12(15)9-13(14)16/h2-10,17H,1H3. The number of hydrogen-bond donors (Lipinski definition) is 1. The third-order valence-corrected chi connectivity index (χ3v) is 5.07. The van der Waals surface area contributed by atoms with Gasteiger partial charge in [0.25, 0.3) is 0 Å². The number of hydrogen-bond acceptors (Lipinski definition) is 2. The van der Waals surface area contributed by atoms with E-state index in [1.54, 1.807) is 6.92 Å². The number of nitrogens with one attached hydrogen (secondary N) is 1. The van der Waals surface area contributed by atoms with Gasteiger partial charge in [-0.25, -0.2) is 13.1 Å². The smallest absolute Gasteiger partial charge is 0.207 e. The van der Waals surface area contributed by atoms with E-state index in [4.69, 9.17) is 23.2 Å². The molecule has 0 radical (unpaired) electrons. The van der Waals surface area contributed by atoms with Crippen LogP contribution in [-0.2, 0) is 10.0 Å². The van der Waals surface area contributed by atoms with Crippen molar-refractivity contribution in [2.24, 2.45) is 0 Å². The maximum Gasteiger partial charge on any atom is 0.242 e. The van der Waals surface area contributed by atoms with Gasteiger partial charge < -0.3 is 0 Å². The highest BCUT2D eigenvalue weighted by Crippen LogP contribution is 2.26. The van der Waals surface area contributed by atoms with Gasteiger partial charge in [-0.15, -0.1) is 0 Å². The molecular weight excluding hydrogens is 317 g/mol. The highest BCUT2D eigenvalue weighted by Gasteiger charge is 2.21. The molecule has 2 aromatic rings. The molecule has 106 valence electrons. The van der Waals surface area contributed by atoms with Gasteiger partial charge in [-0.3, -0.25) is 0 Å². The molecule has 0 fully saturated rings. The van der Waals surface area contributed by atoms with Gasteiger partial charge in [-0.1, -0.05) is 53.5 Å². The third-order valence-electron chi connectivity index (χ3n) is 2.81. The predicted molar refractivity (Wildman–Crippen MR) is 81.6 cm³/mol. The van der Waals surface area contributed by atoms with Crippen molar-refractivity contribution in [1.82, 2.24) is 4.72 Å². The Hall–Kier alpha value is -1.07. The molecule has 0 aliphatic heterocycles. The lowest BCUT2D eigenvalue weighted by Crippen LogP contribution is -2.27. The maximum atomic E-state index is 12.3. The summed E-state index contributed by atoms with van der Waals surface area (Å²) < 4.78 is 27.2. The number of halogens is 2. The molecule has 0 spiro atoms. The molecule has 0 saturated carbocycles. The molecule has 3 nitrogen and oxygen atoms in total. The highest BCUT2D eigenvalue weighted by molar-refractivity contribution is 7.89. The Balaban J connectivity index is 2.28. The molecule has 0 bridgehead atoms. The van der Waals surface area contributed by atoms with Gasteiger partial charge in [-0.2, -0.15) is 0 Å². The molecule has 0 aliphatic rings. The van der Waals surface area contributed by atoms with Crippen LogP contribution in [0.2, 0.25) is 10.0 Å². The summed E-state index contributed by atoms with van der Waals surface area (Å²) in [5.74, 6) is 0. The van der Waals surface area contributed by atoms with Crippen LogP contribution in [0.15, 0.2) is 53.4 Å². The first-order valence-corrected chi connectivity index (χ1v) is 8.16. The minimum absolute atomic E-state index is 0.0198.